The fourth-order valence-electron chi connectivity index (χ4n) is 3.33. The van der Waals surface area contributed by atoms with Gasteiger partial charge in [0, 0.05) is 0 Å². The lowest BCUT2D eigenvalue weighted by Gasteiger charge is -2.20. The molecule has 7 heteroatoms. The Bertz CT molecular complexity index is 598. The van der Waals surface area contributed by atoms with Crippen LogP contribution in [0.25, 0.3) is 0 Å². The van der Waals surface area contributed by atoms with Gasteiger partial charge in [0.1, 0.15) is 19.5 Å². The van der Waals surface area contributed by atoms with E-state index in [1.807, 2.05) is 0 Å². The first kappa shape index (κ1) is 20.9. The molecule has 0 aromatic heterocycles. The standard InChI is InChI=1S/C19H23OP.BF4/c1-15(2)20-21-18(16-9-5-3-6-10-16)13-14-19(21)17-11-7-4-8-12-17;2-1(3,4)5/h3-12,15,18-19H,13-14H2,1-2H3;/q;-1/p+1/t18-,19-;/m0./s1. The van der Waals surface area contributed by atoms with Gasteiger partial charge in [-0.05, 0) is 37.8 Å². The van der Waals surface area contributed by atoms with Crippen molar-refractivity contribution in [2.45, 2.75) is 44.1 Å². The Morgan fingerprint density at radius 2 is 1.15 bits per heavy atom. The van der Waals surface area contributed by atoms with Gasteiger partial charge in [-0.2, -0.15) is 0 Å². The molecule has 0 spiro atoms. The van der Waals surface area contributed by atoms with Crippen LogP contribution in [-0.4, -0.2) is 13.4 Å². The second kappa shape index (κ2) is 9.52. The third-order valence-electron chi connectivity index (χ3n) is 4.21. The van der Waals surface area contributed by atoms with Gasteiger partial charge in [0.2, 0.25) is 0 Å². The summed E-state index contributed by atoms with van der Waals surface area (Å²) in [5.41, 5.74) is 4.16. The second-order valence-corrected chi connectivity index (χ2v) is 9.00. The largest absolute Gasteiger partial charge is 0.673 e. The molecule has 0 unspecified atom stereocenters. The van der Waals surface area contributed by atoms with E-state index in [9.17, 15) is 17.3 Å². The Morgan fingerprint density at radius 3 is 1.46 bits per heavy atom. The molecular weight excluding hydrogens is 362 g/mol. The van der Waals surface area contributed by atoms with Gasteiger partial charge in [-0.3, -0.25) is 0 Å². The van der Waals surface area contributed by atoms with E-state index < -0.39 is 15.4 Å². The van der Waals surface area contributed by atoms with Crippen LogP contribution in [0.3, 0.4) is 0 Å². The molecule has 0 amide bonds. The lowest BCUT2D eigenvalue weighted by molar-refractivity contribution is 0.266. The van der Waals surface area contributed by atoms with E-state index >= 15 is 0 Å². The van der Waals surface area contributed by atoms with E-state index in [0.717, 1.165) is 0 Å². The highest BCUT2D eigenvalue weighted by Crippen LogP contribution is 2.71. The first-order valence-corrected chi connectivity index (χ1v) is 10.3. The van der Waals surface area contributed by atoms with Crippen LogP contribution < -0.4 is 0 Å². The maximum atomic E-state index is 9.75. The highest BCUT2D eigenvalue weighted by atomic mass is 31.1. The van der Waals surface area contributed by atoms with Crippen LogP contribution in [0.4, 0.5) is 17.3 Å². The molecular formula is C19H24BF4OP. The Balaban J connectivity index is 0.000000431. The number of hydrogen-bond donors (Lipinski definition) is 0. The predicted octanol–water partition coefficient (Wildman–Crippen LogP) is 7.12. The van der Waals surface area contributed by atoms with Crippen LogP contribution in [0.2, 0.25) is 0 Å². The quantitative estimate of drug-likeness (QED) is 0.309. The minimum atomic E-state index is -6.00. The summed E-state index contributed by atoms with van der Waals surface area (Å²) in [7, 11) is -6.89. The summed E-state index contributed by atoms with van der Waals surface area (Å²) in [6.45, 7) is 4.33. The van der Waals surface area contributed by atoms with E-state index in [4.69, 9.17) is 4.52 Å². The summed E-state index contributed by atoms with van der Waals surface area (Å²) in [5, 5.41) is 0. The van der Waals surface area contributed by atoms with Crippen molar-refractivity contribution in [2.24, 2.45) is 0 Å². The SMILES string of the molecule is CC(C)O[PH+]1[C@H](c2ccccc2)CC[C@H]1c1ccccc1.F[B-](F)(F)F. The summed E-state index contributed by atoms with van der Waals surface area (Å²) >= 11 is 0. The normalized spacial score (nSPS) is 20.7. The topological polar surface area (TPSA) is 9.23 Å². The van der Waals surface area contributed by atoms with Crippen molar-refractivity contribution < 1.29 is 21.8 Å². The van der Waals surface area contributed by atoms with Crippen LogP contribution >= 0.6 is 8.15 Å². The second-order valence-electron chi connectivity index (χ2n) is 6.57. The molecule has 3 rings (SSSR count). The molecule has 1 saturated heterocycles. The number of rotatable bonds is 4. The molecule has 26 heavy (non-hydrogen) atoms. The highest BCUT2D eigenvalue weighted by molar-refractivity contribution is 7.53. The van der Waals surface area contributed by atoms with Crippen LogP contribution in [0.15, 0.2) is 60.7 Å². The van der Waals surface area contributed by atoms with Gasteiger partial charge in [-0.15, -0.1) is 0 Å². The fraction of sp³-hybridized carbons (Fsp3) is 0.368. The molecule has 1 nitrogen and oxygen atoms in total. The molecule has 0 N–H and O–H groups in total. The average Bonchev–Trinajstić information content (AvgIpc) is 2.98. The van der Waals surface area contributed by atoms with E-state index in [-0.39, 0.29) is 0 Å². The Labute approximate surface area is 153 Å². The molecule has 2 atom stereocenters. The monoisotopic (exact) mass is 386 g/mol. The minimum Gasteiger partial charge on any atom is -0.418 e. The zero-order chi connectivity index (χ0) is 19.2. The number of halogens is 4. The molecule has 1 heterocycles. The Hall–Kier alpha value is -1.39. The molecule has 0 bridgehead atoms. The van der Waals surface area contributed by atoms with Crippen molar-refractivity contribution in [2.75, 3.05) is 0 Å². The van der Waals surface area contributed by atoms with Gasteiger partial charge in [-0.1, -0.05) is 60.7 Å². The summed E-state index contributed by atoms with van der Waals surface area (Å²) < 4.78 is 45.4. The van der Waals surface area contributed by atoms with Gasteiger partial charge in [0.15, 0.2) is 0 Å². The summed E-state index contributed by atoms with van der Waals surface area (Å²) in [4.78, 5) is 0. The van der Waals surface area contributed by atoms with Crippen molar-refractivity contribution in [1.82, 2.24) is 0 Å². The van der Waals surface area contributed by atoms with Crippen molar-refractivity contribution in [3.63, 3.8) is 0 Å². The molecule has 1 fully saturated rings. The molecule has 0 saturated carbocycles. The third-order valence-corrected chi connectivity index (χ3v) is 7.57. The maximum Gasteiger partial charge on any atom is 0.673 e. The van der Waals surface area contributed by atoms with Crippen LogP contribution in [0.5, 0.6) is 0 Å². The molecule has 1 aliphatic rings. The molecule has 1 aliphatic heterocycles. The fourth-order valence-corrected chi connectivity index (χ4v) is 6.63. The number of benzene rings is 2. The van der Waals surface area contributed by atoms with Crippen molar-refractivity contribution in [1.29, 1.82) is 0 Å². The van der Waals surface area contributed by atoms with Gasteiger partial charge < -0.3 is 17.3 Å². The Morgan fingerprint density at radius 1 is 0.808 bits per heavy atom. The molecule has 142 valence electrons. The van der Waals surface area contributed by atoms with Crippen LogP contribution in [-0.2, 0) is 4.52 Å². The Kier molecular flexibility index (Phi) is 7.66. The minimum absolute atomic E-state index is 0.314. The lowest BCUT2D eigenvalue weighted by atomic mass is 10.0. The van der Waals surface area contributed by atoms with Crippen molar-refractivity contribution in [3.8, 4) is 0 Å². The van der Waals surface area contributed by atoms with E-state index in [2.05, 4.69) is 74.5 Å². The molecule has 2 aromatic rings. The highest BCUT2D eigenvalue weighted by Gasteiger charge is 2.46. The summed E-state index contributed by atoms with van der Waals surface area (Å²) in [6.07, 6.45) is 2.82. The van der Waals surface area contributed by atoms with Gasteiger partial charge in [-0.25, -0.2) is 4.52 Å². The van der Waals surface area contributed by atoms with Gasteiger partial charge in [0.25, 0.3) is 0 Å². The molecule has 0 aliphatic carbocycles. The molecule has 2 aromatic carbocycles. The number of hydrogen-bond acceptors (Lipinski definition) is 1. The van der Waals surface area contributed by atoms with Crippen LogP contribution in [0.1, 0.15) is 49.1 Å². The van der Waals surface area contributed by atoms with Crippen molar-refractivity contribution in [3.05, 3.63) is 71.8 Å². The zero-order valence-electron chi connectivity index (χ0n) is 14.9. The smallest absolute Gasteiger partial charge is 0.418 e. The first-order valence-electron chi connectivity index (χ1n) is 8.76. The van der Waals surface area contributed by atoms with Gasteiger partial charge >= 0.3 is 7.25 Å². The van der Waals surface area contributed by atoms with Crippen LogP contribution in [0, 0.1) is 0 Å². The maximum absolute atomic E-state index is 9.75. The first-order chi connectivity index (χ1) is 12.3. The summed E-state index contributed by atoms with van der Waals surface area (Å²) in [5.74, 6) is 0. The zero-order valence-corrected chi connectivity index (χ0v) is 15.9. The van der Waals surface area contributed by atoms with E-state index in [1.54, 1.807) is 0 Å². The summed E-state index contributed by atoms with van der Waals surface area (Å²) in [6, 6.07) is 21.9. The van der Waals surface area contributed by atoms with E-state index in [0.29, 0.717) is 17.4 Å². The molecule has 0 radical (unpaired) electrons. The lowest BCUT2D eigenvalue weighted by Crippen LogP contribution is -2.04. The average molecular weight is 386 g/mol. The van der Waals surface area contributed by atoms with Gasteiger partial charge in [0.05, 0.1) is 6.10 Å². The third kappa shape index (κ3) is 6.73. The predicted molar refractivity (Wildman–Crippen MR) is 102 cm³/mol. The van der Waals surface area contributed by atoms with E-state index in [1.165, 1.54) is 24.0 Å². The van der Waals surface area contributed by atoms with Crippen molar-refractivity contribution >= 4 is 15.4 Å².